The number of aliphatic hydroxyl groups is 5. The van der Waals surface area contributed by atoms with Gasteiger partial charge in [0.15, 0.2) is 6.29 Å². The topological polar surface area (TPSA) is 149 Å². The Balaban J connectivity index is 2.39. The van der Waals surface area contributed by atoms with Crippen LogP contribution in [0.4, 0.5) is 0 Å². The van der Waals surface area contributed by atoms with Crippen molar-refractivity contribution < 1.29 is 39.8 Å². The van der Waals surface area contributed by atoms with Gasteiger partial charge in [-0.3, -0.25) is 4.79 Å². The minimum absolute atomic E-state index is 0.193. The number of carbonyl (C=O) groups excluding carboxylic acids is 1. The first kappa shape index (κ1) is 50.4. The molecule has 0 radical (unpaired) electrons. The van der Waals surface area contributed by atoms with Crippen LogP contribution in [0, 0.1) is 0 Å². The van der Waals surface area contributed by atoms with E-state index in [1.165, 1.54) is 116 Å². The zero-order valence-corrected chi connectivity index (χ0v) is 34.5. The number of unbranched alkanes of at least 4 members (excludes halogenated alkanes) is 22. The molecule has 0 spiro atoms. The Bertz CT molecular complexity index is 941. The largest absolute Gasteiger partial charge is 0.394 e. The zero-order chi connectivity index (χ0) is 39.5. The number of amides is 1. The highest BCUT2D eigenvalue weighted by Crippen LogP contribution is 2.22. The van der Waals surface area contributed by atoms with Crippen LogP contribution in [0.3, 0.4) is 0 Å². The van der Waals surface area contributed by atoms with Crippen molar-refractivity contribution in [3.63, 3.8) is 0 Å². The van der Waals surface area contributed by atoms with E-state index in [1.807, 2.05) is 6.08 Å². The summed E-state index contributed by atoms with van der Waals surface area (Å²) in [5, 5.41) is 54.1. The summed E-state index contributed by atoms with van der Waals surface area (Å²) in [4.78, 5) is 12.9. The lowest BCUT2D eigenvalue weighted by atomic mass is 9.99. The second-order valence-corrected chi connectivity index (χ2v) is 15.5. The first-order valence-electron chi connectivity index (χ1n) is 22.2. The molecule has 316 valence electrons. The first-order chi connectivity index (χ1) is 26.3. The molecule has 6 N–H and O–H groups in total. The summed E-state index contributed by atoms with van der Waals surface area (Å²) in [5.41, 5.74) is 0. The molecule has 1 saturated heterocycles. The van der Waals surface area contributed by atoms with Crippen LogP contribution in [-0.4, -0.2) is 87.5 Å². The maximum Gasteiger partial charge on any atom is 0.220 e. The molecule has 1 amide bonds. The molecule has 9 heteroatoms. The number of aliphatic hydroxyl groups excluding tert-OH is 5. The van der Waals surface area contributed by atoms with Crippen molar-refractivity contribution in [2.75, 3.05) is 13.2 Å². The number of hydrogen-bond acceptors (Lipinski definition) is 8. The first-order valence-corrected chi connectivity index (χ1v) is 22.2. The van der Waals surface area contributed by atoms with E-state index in [0.717, 1.165) is 51.4 Å². The van der Waals surface area contributed by atoms with E-state index in [4.69, 9.17) is 9.47 Å². The Morgan fingerprint density at radius 2 is 1.06 bits per heavy atom. The highest BCUT2D eigenvalue weighted by Gasteiger charge is 2.44. The Morgan fingerprint density at radius 3 is 1.56 bits per heavy atom. The minimum atomic E-state index is -1.57. The average Bonchev–Trinajstić information content (AvgIpc) is 3.17. The number of nitrogens with one attached hydrogen (secondary N) is 1. The third-order valence-electron chi connectivity index (χ3n) is 10.4. The van der Waals surface area contributed by atoms with Crippen molar-refractivity contribution >= 4 is 5.91 Å². The van der Waals surface area contributed by atoms with E-state index >= 15 is 0 Å². The maximum atomic E-state index is 12.9. The lowest BCUT2D eigenvalue weighted by Gasteiger charge is -2.40. The van der Waals surface area contributed by atoms with E-state index in [9.17, 15) is 30.3 Å². The molecule has 7 unspecified atom stereocenters. The molecule has 1 rings (SSSR count). The van der Waals surface area contributed by atoms with Gasteiger partial charge in [0, 0.05) is 6.42 Å². The molecular weight excluding hydrogens is 682 g/mol. The molecule has 0 aromatic rings. The number of hydrogen-bond donors (Lipinski definition) is 6. The Kier molecular flexibility index (Phi) is 33.4. The van der Waals surface area contributed by atoms with E-state index in [-0.39, 0.29) is 12.5 Å². The molecule has 1 aliphatic rings. The molecular formula is C45H83NO8. The van der Waals surface area contributed by atoms with Crippen LogP contribution in [0.25, 0.3) is 0 Å². The predicted molar refractivity (Wildman–Crippen MR) is 221 cm³/mol. The van der Waals surface area contributed by atoms with E-state index in [2.05, 4.69) is 43.5 Å². The van der Waals surface area contributed by atoms with Crippen LogP contribution >= 0.6 is 0 Å². The van der Waals surface area contributed by atoms with Crippen molar-refractivity contribution in [2.24, 2.45) is 0 Å². The van der Waals surface area contributed by atoms with Crippen molar-refractivity contribution in [2.45, 2.75) is 230 Å². The molecule has 54 heavy (non-hydrogen) atoms. The van der Waals surface area contributed by atoms with Gasteiger partial charge >= 0.3 is 0 Å². The Hall–Kier alpha value is -1.59. The average molecular weight is 766 g/mol. The van der Waals surface area contributed by atoms with Crippen LogP contribution in [0.15, 0.2) is 36.5 Å². The number of allylic oxidation sites excluding steroid dienone is 5. The van der Waals surface area contributed by atoms with Gasteiger partial charge in [0.1, 0.15) is 24.4 Å². The smallest absolute Gasteiger partial charge is 0.220 e. The summed E-state index contributed by atoms with van der Waals surface area (Å²) in [6, 6.07) is -0.821. The summed E-state index contributed by atoms with van der Waals surface area (Å²) in [7, 11) is 0. The van der Waals surface area contributed by atoms with Crippen LogP contribution < -0.4 is 5.32 Å². The van der Waals surface area contributed by atoms with Crippen molar-refractivity contribution in [1.82, 2.24) is 5.32 Å². The number of carbonyl (C=O) groups is 1. The number of rotatable bonds is 36. The zero-order valence-electron chi connectivity index (χ0n) is 34.5. The van der Waals surface area contributed by atoms with Gasteiger partial charge in [-0.2, -0.15) is 0 Å². The van der Waals surface area contributed by atoms with Gasteiger partial charge in [-0.25, -0.2) is 0 Å². The van der Waals surface area contributed by atoms with Crippen LogP contribution in [0.5, 0.6) is 0 Å². The van der Waals surface area contributed by atoms with Gasteiger partial charge in [-0.1, -0.05) is 159 Å². The van der Waals surface area contributed by atoms with Crippen LogP contribution in [0.1, 0.15) is 187 Å². The monoisotopic (exact) mass is 766 g/mol. The summed E-state index contributed by atoms with van der Waals surface area (Å²) in [5.74, 6) is -0.193. The molecule has 0 aliphatic carbocycles. The summed E-state index contributed by atoms with van der Waals surface area (Å²) in [6.45, 7) is 3.73. The third-order valence-corrected chi connectivity index (χ3v) is 10.4. The quantitative estimate of drug-likeness (QED) is 0.0274. The molecule has 7 atom stereocenters. The SMILES string of the molecule is CCCCCCCCC/C=C\CCCCCCCCCC(=O)NC(COC1OC(CO)C(O)C(O)C1O)C(O)/C=C/CC/C=C/CCCCCCCCC. The van der Waals surface area contributed by atoms with E-state index in [0.29, 0.717) is 6.42 Å². The highest BCUT2D eigenvalue weighted by molar-refractivity contribution is 5.76. The van der Waals surface area contributed by atoms with Crippen LogP contribution in [-0.2, 0) is 14.3 Å². The lowest BCUT2D eigenvalue weighted by molar-refractivity contribution is -0.302. The fraction of sp³-hybridized carbons (Fsp3) is 0.844. The highest BCUT2D eigenvalue weighted by atomic mass is 16.7. The van der Waals surface area contributed by atoms with E-state index < -0.39 is 49.5 Å². The standard InChI is InChI=1S/C45H83NO8/c1-3-5-7-9-11-13-15-17-18-19-20-21-23-25-27-29-31-33-35-41(49)46-38(37-53-45-44(52)43(51)42(50)40(36-47)54-45)39(48)34-32-30-28-26-24-22-16-14-12-10-8-6-4-2/h18-19,24,26,32,34,38-40,42-45,47-48,50-52H,3-17,20-23,25,27-31,33,35-37H2,1-2H3,(H,46,49)/b19-18-,26-24+,34-32+. The van der Waals surface area contributed by atoms with Crippen LogP contribution in [0.2, 0.25) is 0 Å². The minimum Gasteiger partial charge on any atom is -0.394 e. The predicted octanol–water partition coefficient (Wildman–Crippen LogP) is 8.89. The second-order valence-electron chi connectivity index (χ2n) is 15.5. The molecule has 0 aromatic carbocycles. The van der Waals surface area contributed by atoms with Gasteiger partial charge < -0.3 is 40.3 Å². The van der Waals surface area contributed by atoms with Gasteiger partial charge in [0.05, 0.1) is 25.4 Å². The molecule has 1 heterocycles. The fourth-order valence-corrected chi connectivity index (χ4v) is 6.81. The van der Waals surface area contributed by atoms with Gasteiger partial charge in [0.25, 0.3) is 0 Å². The van der Waals surface area contributed by atoms with Gasteiger partial charge in [-0.15, -0.1) is 0 Å². The lowest BCUT2D eigenvalue weighted by Crippen LogP contribution is -2.60. The van der Waals surface area contributed by atoms with Gasteiger partial charge in [0.2, 0.25) is 5.91 Å². The van der Waals surface area contributed by atoms with Gasteiger partial charge in [-0.05, 0) is 57.8 Å². The second kappa shape index (κ2) is 35.8. The number of ether oxygens (including phenoxy) is 2. The maximum absolute atomic E-state index is 12.9. The Labute approximate surface area is 330 Å². The summed E-state index contributed by atoms with van der Waals surface area (Å²) < 4.78 is 11.2. The molecule has 9 nitrogen and oxygen atoms in total. The van der Waals surface area contributed by atoms with E-state index in [1.54, 1.807) is 6.08 Å². The van der Waals surface area contributed by atoms with Crippen molar-refractivity contribution in [1.29, 1.82) is 0 Å². The molecule has 0 saturated carbocycles. The molecule has 0 bridgehead atoms. The van der Waals surface area contributed by atoms with Crippen molar-refractivity contribution in [3.8, 4) is 0 Å². The Morgan fingerprint density at radius 1 is 0.611 bits per heavy atom. The molecule has 1 aliphatic heterocycles. The van der Waals surface area contributed by atoms with Crippen molar-refractivity contribution in [3.05, 3.63) is 36.5 Å². The molecule has 1 fully saturated rings. The normalized spacial score (nSPS) is 21.8. The summed E-state index contributed by atoms with van der Waals surface area (Å²) in [6.07, 6.45) is 36.1. The summed E-state index contributed by atoms with van der Waals surface area (Å²) >= 11 is 0. The third kappa shape index (κ3) is 26.3. The molecule has 0 aromatic heterocycles. The fourth-order valence-electron chi connectivity index (χ4n) is 6.81.